The van der Waals surface area contributed by atoms with Gasteiger partial charge in [-0.3, -0.25) is 20.4 Å². The maximum atomic E-state index is 12.6. The Bertz CT molecular complexity index is 1080. The van der Waals surface area contributed by atoms with Gasteiger partial charge in [-0.2, -0.15) is 0 Å². The summed E-state index contributed by atoms with van der Waals surface area (Å²) in [6.07, 6.45) is 0.930. The molecule has 0 bridgehead atoms. The van der Waals surface area contributed by atoms with Crippen LogP contribution in [-0.2, 0) is 13.0 Å². The van der Waals surface area contributed by atoms with Gasteiger partial charge < -0.3 is 4.74 Å². The predicted molar refractivity (Wildman–Crippen MR) is 129 cm³/mol. The van der Waals surface area contributed by atoms with Crippen molar-refractivity contribution >= 4 is 23.2 Å². The number of nitrogens with one attached hydrogen (secondary N) is 2. The monoisotopic (exact) mass is 450 g/mol. The molecule has 0 fully saturated rings. The highest BCUT2D eigenvalue weighted by molar-refractivity contribution is 7.14. The predicted octanol–water partition coefficient (Wildman–Crippen LogP) is 5.53. The van der Waals surface area contributed by atoms with Gasteiger partial charge in [0.15, 0.2) is 0 Å². The Morgan fingerprint density at radius 2 is 1.56 bits per heavy atom. The Morgan fingerprint density at radius 1 is 0.938 bits per heavy atom. The fourth-order valence-electron chi connectivity index (χ4n) is 3.56. The van der Waals surface area contributed by atoms with Crippen LogP contribution in [0.4, 0.5) is 0 Å². The summed E-state index contributed by atoms with van der Waals surface area (Å²) in [7, 11) is 0. The molecule has 3 rings (SSSR count). The lowest BCUT2D eigenvalue weighted by Crippen LogP contribution is -2.41. The normalized spacial score (nSPS) is 10.8. The molecule has 1 heterocycles. The van der Waals surface area contributed by atoms with Crippen molar-refractivity contribution in [1.82, 2.24) is 10.9 Å². The van der Waals surface area contributed by atoms with Gasteiger partial charge in [-0.1, -0.05) is 44.2 Å². The fraction of sp³-hybridized carbons (Fsp3) is 0.308. The molecule has 0 unspecified atom stereocenters. The Morgan fingerprint density at radius 3 is 2.19 bits per heavy atom. The Balaban J connectivity index is 1.62. The second-order valence-electron chi connectivity index (χ2n) is 8.41. The Labute approximate surface area is 193 Å². The molecule has 2 amide bonds. The topological polar surface area (TPSA) is 67.4 Å². The molecule has 0 atom stereocenters. The number of amides is 2. The lowest BCUT2D eigenvalue weighted by atomic mass is 10.0. The van der Waals surface area contributed by atoms with Gasteiger partial charge in [0.25, 0.3) is 11.8 Å². The zero-order valence-electron chi connectivity index (χ0n) is 19.2. The van der Waals surface area contributed by atoms with Crippen LogP contribution in [0.25, 0.3) is 0 Å². The van der Waals surface area contributed by atoms with E-state index in [2.05, 4.69) is 24.7 Å². The molecule has 0 spiro atoms. The first-order chi connectivity index (χ1) is 15.2. The molecule has 0 saturated carbocycles. The molecule has 0 aliphatic rings. The number of hydrazine groups is 1. The van der Waals surface area contributed by atoms with E-state index in [1.165, 1.54) is 16.9 Å². The first-order valence-corrected chi connectivity index (χ1v) is 11.5. The number of ether oxygens (including phenoxy) is 1. The molecule has 32 heavy (non-hydrogen) atoms. The average molecular weight is 451 g/mol. The van der Waals surface area contributed by atoms with E-state index < -0.39 is 0 Å². The summed E-state index contributed by atoms with van der Waals surface area (Å²) in [4.78, 5) is 26.9. The van der Waals surface area contributed by atoms with E-state index in [9.17, 15) is 9.59 Å². The number of hydrogen-bond acceptors (Lipinski definition) is 4. The first kappa shape index (κ1) is 23.5. The highest BCUT2D eigenvalue weighted by Crippen LogP contribution is 2.26. The van der Waals surface area contributed by atoms with Crippen LogP contribution in [0.3, 0.4) is 0 Å². The second kappa shape index (κ2) is 10.5. The smallest absolute Gasteiger partial charge is 0.279 e. The summed E-state index contributed by atoms with van der Waals surface area (Å²) >= 11 is 1.44. The van der Waals surface area contributed by atoms with Crippen LogP contribution in [0, 0.1) is 26.7 Å². The highest BCUT2D eigenvalue weighted by atomic mass is 32.1. The molecule has 1 aromatic heterocycles. The third-order valence-electron chi connectivity index (χ3n) is 5.11. The number of carbonyl (C=O) groups is 2. The van der Waals surface area contributed by atoms with Gasteiger partial charge in [-0.15, -0.1) is 11.3 Å². The molecule has 0 radical (unpaired) electrons. The van der Waals surface area contributed by atoms with Crippen molar-refractivity contribution in [2.45, 2.75) is 47.6 Å². The van der Waals surface area contributed by atoms with Crippen molar-refractivity contribution in [3.8, 4) is 5.75 Å². The molecule has 6 heteroatoms. The molecule has 3 aromatic rings. The number of rotatable bonds is 7. The number of aryl methyl sites for hydroxylation is 3. The Kier molecular flexibility index (Phi) is 7.70. The van der Waals surface area contributed by atoms with E-state index in [-0.39, 0.29) is 11.8 Å². The molecule has 168 valence electrons. The summed E-state index contributed by atoms with van der Waals surface area (Å²) in [6, 6.07) is 15.4. The first-order valence-electron chi connectivity index (χ1n) is 10.7. The molecular formula is C26H30N2O3S. The summed E-state index contributed by atoms with van der Waals surface area (Å²) in [6.45, 7) is 10.6. The third-order valence-corrected chi connectivity index (χ3v) is 6.20. The fourth-order valence-corrected chi connectivity index (χ4v) is 4.51. The van der Waals surface area contributed by atoms with Gasteiger partial charge in [-0.25, -0.2) is 0 Å². The zero-order chi connectivity index (χ0) is 23.3. The molecule has 0 saturated heterocycles. The minimum Gasteiger partial charge on any atom is -0.488 e. The van der Waals surface area contributed by atoms with E-state index >= 15 is 0 Å². The van der Waals surface area contributed by atoms with E-state index in [1.807, 2.05) is 57.2 Å². The minimum absolute atomic E-state index is 0.308. The molecule has 2 N–H and O–H groups in total. The second-order valence-corrected chi connectivity index (χ2v) is 9.67. The molecular weight excluding hydrogens is 420 g/mol. The van der Waals surface area contributed by atoms with E-state index in [1.54, 1.807) is 12.1 Å². The summed E-state index contributed by atoms with van der Waals surface area (Å²) in [5, 5.41) is 0. The SMILES string of the molecule is Cc1cc(C(=O)NNC(=O)c2cc(CC(C)C)c(C)s2)cc(C)c1OCc1ccccc1. The van der Waals surface area contributed by atoms with Gasteiger partial charge in [0.2, 0.25) is 0 Å². The van der Waals surface area contributed by atoms with E-state index in [0.717, 1.165) is 33.7 Å². The van der Waals surface area contributed by atoms with Crippen molar-refractivity contribution in [2.75, 3.05) is 0 Å². The van der Waals surface area contributed by atoms with Gasteiger partial charge in [-0.05, 0) is 73.6 Å². The number of benzene rings is 2. The van der Waals surface area contributed by atoms with Crippen LogP contribution < -0.4 is 15.6 Å². The van der Waals surface area contributed by atoms with Crippen molar-refractivity contribution < 1.29 is 14.3 Å². The van der Waals surface area contributed by atoms with Crippen molar-refractivity contribution in [3.63, 3.8) is 0 Å². The molecule has 2 aromatic carbocycles. The standard InChI is InChI=1S/C26H30N2O3S/c1-16(2)11-21-14-23(32-19(21)5)26(30)28-27-25(29)22-12-17(3)24(18(4)13-22)31-15-20-9-7-6-8-10-20/h6-10,12-14,16H,11,15H2,1-5H3,(H,27,29)(H,28,30). The van der Waals surface area contributed by atoms with Crippen molar-refractivity contribution in [1.29, 1.82) is 0 Å². The van der Waals surface area contributed by atoms with Crippen molar-refractivity contribution in [3.05, 3.63) is 86.1 Å². The zero-order valence-corrected chi connectivity index (χ0v) is 20.1. The largest absolute Gasteiger partial charge is 0.488 e. The molecule has 0 aliphatic heterocycles. The maximum Gasteiger partial charge on any atom is 0.279 e. The van der Waals surface area contributed by atoms with Crippen LogP contribution in [0.1, 0.15) is 61.0 Å². The highest BCUT2D eigenvalue weighted by Gasteiger charge is 2.16. The van der Waals surface area contributed by atoms with Crippen LogP contribution in [0.2, 0.25) is 0 Å². The van der Waals surface area contributed by atoms with Gasteiger partial charge in [0.05, 0.1) is 4.88 Å². The summed E-state index contributed by atoms with van der Waals surface area (Å²) in [5.41, 5.74) is 9.52. The van der Waals surface area contributed by atoms with Gasteiger partial charge in [0, 0.05) is 10.4 Å². The Hall–Kier alpha value is -3.12. The lowest BCUT2D eigenvalue weighted by Gasteiger charge is -2.14. The number of carbonyl (C=O) groups excluding carboxylic acids is 2. The quantitative estimate of drug-likeness (QED) is 0.465. The van der Waals surface area contributed by atoms with Crippen LogP contribution in [0.15, 0.2) is 48.5 Å². The van der Waals surface area contributed by atoms with E-state index in [4.69, 9.17) is 4.74 Å². The number of thiophene rings is 1. The summed E-state index contributed by atoms with van der Waals surface area (Å²) < 4.78 is 5.99. The van der Waals surface area contributed by atoms with E-state index in [0.29, 0.717) is 23.0 Å². The maximum absolute atomic E-state index is 12.6. The van der Waals surface area contributed by atoms with Crippen LogP contribution in [0.5, 0.6) is 5.75 Å². The summed E-state index contributed by atoms with van der Waals surface area (Å²) in [5.74, 6) is 0.610. The van der Waals surface area contributed by atoms with Gasteiger partial charge >= 0.3 is 0 Å². The van der Waals surface area contributed by atoms with Crippen molar-refractivity contribution in [2.24, 2.45) is 5.92 Å². The number of hydrogen-bond donors (Lipinski definition) is 2. The van der Waals surface area contributed by atoms with Crippen LogP contribution >= 0.6 is 11.3 Å². The molecule has 0 aliphatic carbocycles. The van der Waals surface area contributed by atoms with Crippen LogP contribution in [-0.4, -0.2) is 11.8 Å². The lowest BCUT2D eigenvalue weighted by molar-refractivity contribution is 0.0848. The average Bonchev–Trinajstić information content (AvgIpc) is 3.11. The molecule has 5 nitrogen and oxygen atoms in total. The van der Waals surface area contributed by atoms with Gasteiger partial charge in [0.1, 0.15) is 12.4 Å². The third kappa shape index (κ3) is 5.98. The minimum atomic E-state index is -0.366.